The molecule has 2 N–H and O–H groups in total. The van der Waals surface area contributed by atoms with E-state index < -0.39 is 0 Å². The van der Waals surface area contributed by atoms with Crippen molar-refractivity contribution in [3.8, 4) is 0 Å². The molecule has 1 aromatic rings. The Morgan fingerprint density at radius 1 is 1.25 bits per heavy atom. The minimum atomic E-state index is 0. The Hall–Kier alpha value is 0.160. The van der Waals surface area contributed by atoms with Crippen molar-refractivity contribution in [1.82, 2.24) is 0 Å². The zero-order valence-corrected chi connectivity index (χ0v) is 12.0. The van der Waals surface area contributed by atoms with Crippen LogP contribution in [0.5, 0.6) is 0 Å². The van der Waals surface area contributed by atoms with E-state index in [0.717, 1.165) is 26.1 Å². The van der Waals surface area contributed by atoms with Crippen LogP contribution in [0, 0.1) is 9.49 Å². The van der Waals surface area contributed by atoms with Crippen molar-refractivity contribution < 1.29 is 4.74 Å². The number of ether oxygens (including phenoxy) is 1. The molecule has 0 aromatic heterocycles. The van der Waals surface area contributed by atoms with Crippen LogP contribution in [-0.4, -0.2) is 13.2 Å². The third kappa shape index (κ3) is 3.32. The van der Waals surface area contributed by atoms with E-state index in [1.165, 1.54) is 9.13 Å². The molecule has 4 heteroatoms. The Labute approximate surface area is 116 Å². The number of hydrogen-bond donors (Lipinski definition) is 1. The standard InChI is InChI=1S/C12H16INO.ClH/c13-11-4-2-1-3-10(11)12(14)9-5-7-15-8-6-9;/h1-4,9,12H,5-8,14H2;1H/t12-;/m1./s1. The van der Waals surface area contributed by atoms with Crippen LogP contribution in [0.25, 0.3) is 0 Å². The molecule has 1 aromatic carbocycles. The molecule has 0 radical (unpaired) electrons. The molecule has 0 unspecified atom stereocenters. The van der Waals surface area contributed by atoms with Crippen molar-refractivity contribution in [3.63, 3.8) is 0 Å². The second kappa shape index (κ2) is 6.79. The topological polar surface area (TPSA) is 35.2 Å². The van der Waals surface area contributed by atoms with Gasteiger partial charge in [-0.25, -0.2) is 0 Å². The highest BCUT2D eigenvalue weighted by molar-refractivity contribution is 14.1. The van der Waals surface area contributed by atoms with Crippen LogP contribution in [0.2, 0.25) is 0 Å². The molecule has 1 aliphatic heterocycles. The van der Waals surface area contributed by atoms with Crippen LogP contribution in [0.15, 0.2) is 24.3 Å². The minimum absolute atomic E-state index is 0. The molecular formula is C12H17ClINO. The molecule has 0 amide bonds. The van der Waals surface area contributed by atoms with Crippen molar-refractivity contribution in [2.45, 2.75) is 18.9 Å². The third-order valence-electron chi connectivity index (χ3n) is 3.04. The van der Waals surface area contributed by atoms with Crippen LogP contribution in [-0.2, 0) is 4.74 Å². The van der Waals surface area contributed by atoms with Gasteiger partial charge in [-0.15, -0.1) is 12.4 Å². The molecule has 0 saturated carbocycles. The number of rotatable bonds is 2. The SMILES string of the molecule is Cl.N[C@@H](c1ccccc1I)C1CCOCC1. The molecule has 1 fully saturated rings. The van der Waals surface area contributed by atoms with E-state index in [-0.39, 0.29) is 18.4 Å². The van der Waals surface area contributed by atoms with E-state index in [4.69, 9.17) is 10.5 Å². The first kappa shape index (κ1) is 14.2. The summed E-state index contributed by atoms with van der Waals surface area (Å²) in [6, 6.07) is 8.55. The maximum atomic E-state index is 6.31. The van der Waals surface area contributed by atoms with Gasteiger partial charge >= 0.3 is 0 Å². The zero-order valence-electron chi connectivity index (χ0n) is 9.06. The monoisotopic (exact) mass is 353 g/mol. The van der Waals surface area contributed by atoms with Gasteiger partial charge in [0.25, 0.3) is 0 Å². The summed E-state index contributed by atoms with van der Waals surface area (Å²) in [5.74, 6) is 0.578. The van der Waals surface area contributed by atoms with E-state index in [9.17, 15) is 0 Å². The molecule has 1 atom stereocenters. The Morgan fingerprint density at radius 3 is 2.50 bits per heavy atom. The van der Waals surface area contributed by atoms with E-state index in [1.54, 1.807) is 0 Å². The van der Waals surface area contributed by atoms with Gasteiger partial charge in [-0.2, -0.15) is 0 Å². The van der Waals surface area contributed by atoms with Gasteiger partial charge in [-0.05, 0) is 53.0 Å². The highest BCUT2D eigenvalue weighted by atomic mass is 127. The molecule has 2 rings (SSSR count). The first-order valence-electron chi connectivity index (χ1n) is 5.37. The Bertz CT molecular complexity index is 329. The van der Waals surface area contributed by atoms with Crippen molar-refractivity contribution in [2.24, 2.45) is 11.7 Å². The maximum Gasteiger partial charge on any atom is 0.0469 e. The van der Waals surface area contributed by atoms with Crippen molar-refractivity contribution in [3.05, 3.63) is 33.4 Å². The highest BCUT2D eigenvalue weighted by Gasteiger charge is 2.23. The van der Waals surface area contributed by atoms with Gasteiger partial charge in [0, 0.05) is 22.8 Å². The summed E-state index contributed by atoms with van der Waals surface area (Å²) >= 11 is 2.36. The minimum Gasteiger partial charge on any atom is -0.381 e. The lowest BCUT2D eigenvalue weighted by molar-refractivity contribution is 0.0583. The van der Waals surface area contributed by atoms with Gasteiger partial charge in [-0.3, -0.25) is 0 Å². The summed E-state index contributed by atoms with van der Waals surface area (Å²) in [6.45, 7) is 1.73. The lowest BCUT2D eigenvalue weighted by atomic mass is 9.88. The average molecular weight is 354 g/mol. The fourth-order valence-corrected chi connectivity index (χ4v) is 2.82. The molecule has 16 heavy (non-hydrogen) atoms. The van der Waals surface area contributed by atoms with Crippen molar-refractivity contribution in [1.29, 1.82) is 0 Å². The summed E-state index contributed by atoms with van der Waals surface area (Å²) in [5.41, 5.74) is 7.59. The van der Waals surface area contributed by atoms with Crippen LogP contribution < -0.4 is 5.73 Å². The van der Waals surface area contributed by atoms with E-state index in [0.29, 0.717) is 5.92 Å². The van der Waals surface area contributed by atoms with Crippen LogP contribution >= 0.6 is 35.0 Å². The summed E-state index contributed by atoms with van der Waals surface area (Å²) in [4.78, 5) is 0. The second-order valence-electron chi connectivity index (χ2n) is 4.00. The lowest BCUT2D eigenvalue weighted by Crippen LogP contribution is -2.27. The van der Waals surface area contributed by atoms with E-state index in [1.807, 2.05) is 0 Å². The number of nitrogens with two attached hydrogens (primary N) is 1. The molecular weight excluding hydrogens is 336 g/mol. The smallest absolute Gasteiger partial charge is 0.0469 e. The van der Waals surface area contributed by atoms with Gasteiger partial charge in [0.2, 0.25) is 0 Å². The van der Waals surface area contributed by atoms with Gasteiger partial charge in [0.1, 0.15) is 0 Å². The maximum absolute atomic E-state index is 6.31. The zero-order chi connectivity index (χ0) is 10.7. The molecule has 0 bridgehead atoms. The fourth-order valence-electron chi connectivity index (χ4n) is 2.07. The van der Waals surface area contributed by atoms with Crippen molar-refractivity contribution >= 4 is 35.0 Å². The van der Waals surface area contributed by atoms with Crippen LogP contribution in [0.3, 0.4) is 0 Å². The largest absolute Gasteiger partial charge is 0.381 e. The first-order valence-corrected chi connectivity index (χ1v) is 6.44. The summed E-state index contributed by atoms with van der Waals surface area (Å²) in [6.07, 6.45) is 2.18. The predicted molar refractivity (Wildman–Crippen MR) is 76.9 cm³/mol. The van der Waals surface area contributed by atoms with Crippen LogP contribution in [0.4, 0.5) is 0 Å². The molecule has 1 heterocycles. The normalized spacial score (nSPS) is 18.9. The molecule has 0 aliphatic carbocycles. The fraction of sp³-hybridized carbons (Fsp3) is 0.500. The van der Waals surface area contributed by atoms with Crippen LogP contribution in [0.1, 0.15) is 24.4 Å². The molecule has 1 aliphatic rings. The van der Waals surface area contributed by atoms with Gasteiger partial charge in [0.15, 0.2) is 0 Å². The lowest BCUT2D eigenvalue weighted by Gasteiger charge is -2.28. The van der Waals surface area contributed by atoms with E-state index in [2.05, 4.69) is 46.9 Å². The van der Waals surface area contributed by atoms with Gasteiger partial charge < -0.3 is 10.5 Å². The Kier molecular flexibility index (Phi) is 6.03. The quantitative estimate of drug-likeness (QED) is 0.829. The van der Waals surface area contributed by atoms with E-state index >= 15 is 0 Å². The second-order valence-corrected chi connectivity index (χ2v) is 5.16. The summed E-state index contributed by atoms with van der Waals surface area (Å²) in [5, 5.41) is 0. The third-order valence-corrected chi connectivity index (χ3v) is 4.02. The predicted octanol–water partition coefficient (Wildman–Crippen LogP) is 3.14. The number of benzene rings is 1. The van der Waals surface area contributed by atoms with Crippen molar-refractivity contribution in [2.75, 3.05) is 13.2 Å². The molecule has 2 nitrogen and oxygen atoms in total. The molecule has 0 spiro atoms. The molecule has 1 saturated heterocycles. The Balaban J connectivity index is 0.00000128. The van der Waals surface area contributed by atoms with Gasteiger partial charge in [-0.1, -0.05) is 18.2 Å². The average Bonchev–Trinajstić information content (AvgIpc) is 2.30. The number of halogens is 2. The first-order chi connectivity index (χ1) is 7.29. The van der Waals surface area contributed by atoms with Gasteiger partial charge in [0.05, 0.1) is 0 Å². The summed E-state index contributed by atoms with van der Waals surface area (Å²) in [7, 11) is 0. The summed E-state index contributed by atoms with van der Waals surface area (Å²) < 4.78 is 6.63. The number of hydrogen-bond acceptors (Lipinski definition) is 2. The molecule has 90 valence electrons. The Morgan fingerprint density at radius 2 is 1.88 bits per heavy atom. The highest BCUT2D eigenvalue weighted by Crippen LogP contribution is 2.30.